The molecule has 5 nitrogen and oxygen atoms in total. The minimum atomic E-state index is -0.996. The Kier molecular flexibility index (Phi) is 4.23. The molecular weight excluding hydrogens is 138 g/mol. The second-order valence-electron chi connectivity index (χ2n) is 1.57. The molecule has 58 valence electrons. The van der Waals surface area contributed by atoms with Gasteiger partial charge in [0.05, 0.1) is 13.0 Å². The molecule has 10 heavy (non-hydrogen) atoms. The summed E-state index contributed by atoms with van der Waals surface area (Å²) in [6.45, 7) is -0.314. The summed E-state index contributed by atoms with van der Waals surface area (Å²) in [5.41, 5.74) is 4.87. The van der Waals surface area contributed by atoms with Crippen LogP contribution in [0.5, 0.6) is 0 Å². The van der Waals surface area contributed by atoms with Crippen LogP contribution in [0.2, 0.25) is 0 Å². The molecule has 0 saturated heterocycles. The van der Waals surface area contributed by atoms with E-state index in [9.17, 15) is 9.59 Å². The summed E-state index contributed by atoms with van der Waals surface area (Å²) in [6.07, 6.45) is -0.175. The maximum Gasteiger partial charge on any atom is 0.319 e. The van der Waals surface area contributed by atoms with E-state index in [0.717, 1.165) is 0 Å². The van der Waals surface area contributed by atoms with E-state index < -0.39 is 11.9 Å². The van der Waals surface area contributed by atoms with Gasteiger partial charge in [0.15, 0.2) is 0 Å². The van der Waals surface area contributed by atoms with Crippen molar-refractivity contribution in [1.29, 1.82) is 0 Å². The van der Waals surface area contributed by atoms with Crippen molar-refractivity contribution >= 4 is 11.9 Å². The first-order chi connectivity index (χ1) is 4.66. The van der Waals surface area contributed by atoms with Gasteiger partial charge in [0.25, 0.3) is 0 Å². The summed E-state index contributed by atoms with van der Waals surface area (Å²) in [4.78, 5) is 20.1. The topological polar surface area (TPSA) is 89.6 Å². The van der Waals surface area contributed by atoms with Gasteiger partial charge in [-0.2, -0.15) is 0 Å². The van der Waals surface area contributed by atoms with Crippen LogP contribution in [0.15, 0.2) is 0 Å². The van der Waals surface area contributed by atoms with E-state index in [2.05, 4.69) is 4.74 Å². The molecule has 0 rings (SSSR count). The fourth-order valence-corrected chi connectivity index (χ4v) is 0.311. The molecule has 0 spiro atoms. The third-order valence-corrected chi connectivity index (χ3v) is 0.746. The highest BCUT2D eigenvalue weighted by atomic mass is 16.5. The third-order valence-electron chi connectivity index (χ3n) is 0.746. The van der Waals surface area contributed by atoms with Gasteiger partial charge in [-0.1, -0.05) is 0 Å². The lowest BCUT2D eigenvalue weighted by Gasteiger charge is -1.98. The zero-order chi connectivity index (χ0) is 7.98. The normalized spacial score (nSPS) is 8.90. The van der Waals surface area contributed by atoms with Crippen LogP contribution in [0.4, 0.5) is 0 Å². The second kappa shape index (κ2) is 4.75. The summed E-state index contributed by atoms with van der Waals surface area (Å²) >= 11 is 0. The Morgan fingerprint density at radius 1 is 1.50 bits per heavy atom. The molecule has 0 radical (unpaired) electrons. The van der Waals surface area contributed by atoms with Crippen LogP contribution >= 0.6 is 0 Å². The van der Waals surface area contributed by atoms with Crippen LogP contribution in [0, 0.1) is 0 Å². The van der Waals surface area contributed by atoms with E-state index in [4.69, 9.17) is 10.8 Å². The summed E-state index contributed by atoms with van der Waals surface area (Å²) in [5.74, 6) is -1.58. The first-order valence-electron chi connectivity index (χ1n) is 2.74. The molecule has 5 heteroatoms. The number of aliphatic carboxylic acids is 1. The Bertz CT molecular complexity index is 134. The van der Waals surface area contributed by atoms with Crippen molar-refractivity contribution in [1.82, 2.24) is 0 Å². The minimum Gasteiger partial charge on any atom is -0.481 e. The number of rotatable bonds is 4. The highest BCUT2D eigenvalue weighted by Gasteiger charge is 2.00. The Morgan fingerprint density at radius 2 is 2.10 bits per heavy atom. The minimum absolute atomic E-state index is 0.106. The number of carboxylic acids is 1. The monoisotopic (exact) mass is 147 g/mol. The number of carbonyl (C=O) groups excluding carboxylic acids is 1. The summed E-state index contributed by atoms with van der Waals surface area (Å²) in [7, 11) is 0. The SMILES string of the molecule is NCC(=O)OCCC(=O)O. The molecule has 0 aliphatic carbocycles. The van der Waals surface area contributed by atoms with Crippen LogP contribution in [-0.4, -0.2) is 30.2 Å². The lowest BCUT2D eigenvalue weighted by Crippen LogP contribution is -2.18. The molecule has 0 aliphatic rings. The standard InChI is InChI=1S/C5H9NO4/c6-3-5(9)10-2-1-4(7)8/h1-3,6H2,(H,7,8). The Hall–Kier alpha value is -1.10. The van der Waals surface area contributed by atoms with Crippen molar-refractivity contribution in [2.45, 2.75) is 6.42 Å². The highest BCUT2D eigenvalue weighted by molar-refractivity contribution is 5.72. The van der Waals surface area contributed by atoms with Crippen LogP contribution < -0.4 is 5.73 Å². The molecular formula is C5H9NO4. The molecule has 0 aromatic carbocycles. The van der Waals surface area contributed by atoms with Gasteiger partial charge in [0.2, 0.25) is 0 Å². The van der Waals surface area contributed by atoms with E-state index in [1.807, 2.05) is 0 Å². The molecule has 0 saturated carbocycles. The van der Waals surface area contributed by atoms with Crippen molar-refractivity contribution in [3.8, 4) is 0 Å². The molecule has 0 aromatic heterocycles. The van der Waals surface area contributed by atoms with Gasteiger partial charge < -0.3 is 15.6 Å². The maximum atomic E-state index is 10.3. The predicted octanol–water partition coefficient (Wildman–Crippen LogP) is -1.04. The number of hydrogen-bond acceptors (Lipinski definition) is 4. The number of carbonyl (C=O) groups is 2. The van der Waals surface area contributed by atoms with Crippen LogP contribution in [0.1, 0.15) is 6.42 Å². The maximum absolute atomic E-state index is 10.3. The Labute approximate surface area is 57.8 Å². The van der Waals surface area contributed by atoms with Crippen molar-refractivity contribution in [3.05, 3.63) is 0 Å². The summed E-state index contributed by atoms with van der Waals surface area (Å²) < 4.78 is 4.36. The predicted molar refractivity (Wildman–Crippen MR) is 32.3 cm³/mol. The summed E-state index contributed by atoms with van der Waals surface area (Å²) in [5, 5.41) is 8.08. The van der Waals surface area contributed by atoms with Crippen molar-refractivity contribution in [2.24, 2.45) is 5.73 Å². The second-order valence-corrected chi connectivity index (χ2v) is 1.57. The van der Waals surface area contributed by atoms with Gasteiger partial charge >= 0.3 is 11.9 Å². The number of esters is 1. The Balaban J connectivity index is 3.20. The first kappa shape index (κ1) is 8.90. The van der Waals surface area contributed by atoms with Gasteiger partial charge in [-0.15, -0.1) is 0 Å². The average Bonchev–Trinajstić information content (AvgIpc) is 1.87. The molecule has 0 aromatic rings. The van der Waals surface area contributed by atoms with Crippen molar-refractivity contribution in [3.63, 3.8) is 0 Å². The third kappa shape index (κ3) is 5.04. The first-order valence-corrected chi connectivity index (χ1v) is 2.74. The largest absolute Gasteiger partial charge is 0.481 e. The zero-order valence-electron chi connectivity index (χ0n) is 5.37. The number of carboxylic acid groups (broad SMARTS) is 1. The lowest BCUT2D eigenvalue weighted by atomic mass is 10.5. The lowest BCUT2D eigenvalue weighted by molar-refractivity contribution is -0.145. The van der Waals surface area contributed by atoms with Gasteiger partial charge in [0, 0.05) is 0 Å². The molecule has 0 fully saturated rings. The number of ether oxygens (including phenoxy) is 1. The fraction of sp³-hybridized carbons (Fsp3) is 0.600. The van der Waals surface area contributed by atoms with Crippen molar-refractivity contribution in [2.75, 3.05) is 13.2 Å². The number of hydrogen-bond donors (Lipinski definition) is 2. The Morgan fingerprint density at radius 3 is 2.50 bits per heavy atom. The molecule has 3 N–H and O–H groups in total. The quantitative estimate of drug-likeness (QED) is 0.496. The van der Waals surface area contributed by atoms with E-state index in [0.29, 0.717) is 0 Å². The van der Waals surface area contributed by atoms with Crippen LogP contribution in [0.25, 0.3) is 0 Å². The molecule has 0 amide bonds. The zero-order valence-corrected chi connectivity index (χ0v) is 5.37. The fourth-order valence-electron chi connectivity index (χ4n) is 0.311. The average molecular weight is 147 g/mol. The highest BCUT2D eigenvalue weighted by Crippen LogP contribution is 1.82. The van der Waals surface area contributed by atoms with E-state index in [1.54, 1.807) is 0 Å². The molecule has 0 atom stereocenters. The van der Waals surface area contributed by atoms with Gasteiger partial charge in [-0.05, 0) is 0 Å². The number of nitrogens with two attached hydrogens (primary N) is 1. The smallest absolute Gasteiger partial charge is 0.319 e. The molecule has 0 bridgehead atoms. The van der Waals surface area contributed by atoms with Gasteiger partial charge in [-0.3, -0.25) is 9.59 Å². The van der Waals surface area contributed by atoms with E-state index in [1.165, 1.54) is 0 Å². The van der Waals surface area contributed by atoms with E-state index in [-0.39, 0.29) is 19.6 Å². The molecule has 0 heterocycles. The van der Waals surface area contributed by atoms with E-state index >= 15 is 0 Å². The van der Waals surface area contributed by atoms with Crippen LogP contribution in [0.3, 0.4) is 0 Å². The molecule has 0 unspecified atom stereocenters. The summed E-state index contributed by atoms with van der Waals surface area (Å²) in [6, 6.07) is 0. The van der Waals surface area contributed by atoms with Crippen LogP contribution in [-0.2, 0) is 14.3 Å². The molecule has 0 aliphatic heterocycles. The van der Waals surface area contributed by atoms with Gasteiger partial charge in [0.1, 0.15) is 6.61 Å². The van der Waals surface area contributed by atoms with Crippen molar-refractivity contribution < 1.29 is 19.4 Å². The van der Waals surface area contributed by atoms with Gasteiger partial charge in [-0.25, -0.2) is 0 Å².